The van der Waals surface area contributed by atoms with Gasteiger partial charge in [0, 0.05) is 24.3 Å². The first kappa shape index (κ1) is 17.1. The van der Waals surface area contributed by atoms with Gasteiger partial charge in [0.15, 0.2) is 0 Å². The van der Waals surface area contributed by atoms with E-state index in [4.69, 9.17) is 5.73 Å². The molecule has 0 bridgehead atoms. The minimum Gasteiger partial charge on any atom is -0.384 e. The fourth-order valence-corrected chi connectivity index (χ4v) is 2.83. The van der Waals surface area contributed by atoms with Crippen LogP contribution in [0.3, 0.4) is 0 Å². The van der Waals surface area contributed by atoms with Crippen LogP contribution in [-0.2, 0) is 0 Å². The predicted octanol–water partition coefficient (Wildman–Crippen LogP) is 2.52. The standard InChI is InChI=1S/C18H19N5O/c1-4-23(5-2)12-6-7-13(11(3)8-12)16-14(9-19)17(21)22-18(24)15(16)10-20/h6-8H,4-5H2,1-3H3,(H3,21,22,24). The number of nitrogens with zero attached hydrogens (tertiary/aromatic N) is 3. The molecule has 0 amide bonds. The van der Waals surface area contributed by atoms with Crippen molar-refractivity contribution in [3.05, 3.63) is 45.2 Å². The predicted molar refractivity (Wildman–Crippen MR) is 94.6 cm³/mol. The monoisotopic (exact) mass is 321 g/mol. The molecule has 122 valence electrons. The molecule has 0 fully saturated rings. The molecule has 24 heavy (non-hydrogen) atoms. The summed E-state index contributed by atoms with van der Waals surface area (Å²) in [6.45, 7) is 7.79. The number of hydrogen-bond donors (Lipinski definition) is 2. The van der Waals surface area contributed by atoms with Gasteiger partial charge in [0.05, 0.1) is 0 Å². The second kappa shape index (κ2) is 6.89. The highest BCUT2D eigenvalue weighted by Gasteiger charge is 2.19. The number of anilines is 2. The molecule has 0 saturated heterocycles. The summed E-state index contributed by atoms with van der Waals surface area (Å²) in [4.78, 5) is 16.6. The molecule has 2 rings (SSSR count). The molecule has 0 radical (unpaired) electrons. The molecule has 1 heterocycles. The molecule has 2 aromatic rings. The lowest BCUT2D eigenvalue weighted by atomic mass is 9.93. The van der Waals surface area contributed by atoms with Crippen LogP contribution in [0.2, 0.25) is 0 Å². The van der Waals surface area contributed by atoms with Gasteiger partial charge in [-0.2, -0.15) is 10.5 Å². The summed E-state index contributed by atoms with van der Waals surface area (Å²) >= 11 is 0. The number of nitrogens with two attached hydrogens (primary N) is 1. The van der Waals surface area contributed by atoms with E-state index in [1.165, 1.54) is 0 Å². The maximum absolute atomic E-state index is 12.0. The maximum Gasteiger partial charge on any atom is 0.268 e. The largest absolute Gasteiger partial charge is 0.384 e. The van der Waals surface area contributed by atoms with Crippen molar-refractivity contribution in [3.8, 4) is 23.3 Å². The molecule has 1 aromatic heterocycles. The van der Waals surface area contributed by atoms with E-state index < -0.39 is 5.56 Å². The summed E-state index contributed by atoms with van der Waals surface area (Å²) in [5.74, 6) is -0.0243. The second-order valence-corrected chi connectivity index (χ2v) is 5.39. The van der Waals surface area contributed by atoms with Crippen molar-refractivity contribution in [1.82, 2.24) is 4.98 Å². The Morgan fingerprint density at radius 2 is 1.79 bits per heavy atom. The number of rotatable bonds is 4. The first-order chi connectivity index (χ1) is 11.5. The van der Waals surface area contributed by atoms with Crippen LogP contribution in [0.25, 0.3) is 11.1 Å². The summed E-state index contributed by atoms with van der Waals surface area (Å²) in [6.07, 6.45) is 0. The number of nitriles is 2. The van der Waals surface area contributed by atoms with E-state index >= 15 is 0 Å². The lowest BCUT2D eigenvalue weighted by Crippen LogP contribution is -2.21. The Kier molecular flexibility index (Phi) is 4.91. The topological polar surface area (TPSA) is 110 Å². The van der Waals surface area contributed by atoms with Crippen molar-refractivity contribution in [3.63, 3.8) is 0 Å². The smallest absolute Gasteiger partial charge is 0.268 e. The normalized spacial score (nSPS) is 10.0. The van der Waals surface area contributed by atoms with Gasteiger partial charge in [-0.15, -0.1) is 0 Å². The van der Waals surface area contributed by atoms with Crippen LogP contribution >= 0.6 is 0 Å². The summed E-state index contributed by atoms with van der Waals surface area (Å²) in [5.41, 5.74) is 8.08. The Bertz CT molecular complexity index is 911. The number of pyridine rings is 1. The van der Waals surface area contributed by atoms with Gasteiger partial charge < -0.3 is 15.6 Å². The number of aromatic nitrogens is 1. The number of benzene rings is 1. The van der Waals surface area contributed by atoms with Gasteiger partial charge in [-0.05, 0) is 44.0 Å². The highest BCUT2D eigenvalue weighted by atomic mass is 16.1. The van der Waals surface area contributed by atoms with Crippen molar-refractivity contribution in [2.75, 3.05) is 23.7 Å². The number of aromatic amines is 1. The second-order valence-electron chi connectivity index (χ2n) is 5.39. The van der Waals surface area contributed by atoms with E-state index in [0.717, 1.165) is 24.3 Å². The number of nitrogen functional groups attached to an aromatic ring is 1. The van der Waals surface area contributed by atoms with E-state index in [-0.39, 0.29) is 16.9 Å². The highest BCUT2D eigenvalue weighted by Crippen LogP contribution is 2.32. The van der Waals surface area contributed by atoms with Crippen molar-refractivity contribution in [2.45, 2.75) is 20.8 Å². The van der Waals surface area contributed by atoms with Crippen LogP contribution in [0.4, 0.5) is 11.5 Å². The van der Waals surface area contributed by atoms with Gasteiger partial charge in [-0.25, -0.2) is 0 Å². The molecule has 6 heteroatoms. The fourth-order valence-electron chi connectivity index (χ4n) is 2.83. The van der Waals surface area contributed by atoms with Gasteiger partial charge in [-0.3, -0.25) is 4.79 Å². The van der Waals surface area contributed by atoms with E-state index in [0.29, 0.717) is 11.1 Å². The molecule has 0 saturated carbocycles. The molecule has 0 aliphatic carbocycles. The van der Waals surface area contributed by atoms with E-state index in [1.54, 1.807) is 0 Å². The van der Waals surface area contributed by atoms with Crippen LogP contribution < -0.4 is 16.2 Å². The lowest BCUT2D eigenvalue weighted by molar-refractivity contribution is 0.866. The van der Waals surface area contributed by atoms with Gasteiger partial charge in [-0.1, -0.05) is 6.07 Å². The van der Waals surface area contributed by atoms with Crippen LogP contribution in [0.1, 0.15) is 30.5 Å². The number of H-pyrrole nitrogens is 1. The summed E-state index contributed by atoms with van der Waals surface area (Å²) < 4.78 is 0. The number of hydrogen-bond acceptors (Lipinski definition) is 5. The molecule has 0 unspecified atom stereocenters. The minimum atomic E-state index is -0.587. The van der Waals surface area contributed by atoms with Crippen LogP contribution in [0, 0.1) is 29.6 Å². The Labute approximate surface area is 140 Å². The summed E-state index contributed by atoms with van der Waals surface area (Å²) in [5, 5.41) is 18.8. The SMILES string of the molecule is CCN(CC)c1ccc(-c2c(C#N)c(N)[nH]c(=O)c2C#N)c(C)c1. The fraction of sp³-hybridized carbons (Fsp3) is 0.278. The van der Waals surface area contributed by atoms with Crippen molar-refractivity contribution in [2.24, 2.45) is 0 Å². The average molecular weight is 321 g/mol. The van der Waals surface area contributed by atoms with Gasteiger partial charge in [0.2, 0.25) is 0 Å². The highest BCUT2D eigenvalue weighted by molar-refractivity contribution is 5.82. The van der Waals surface area contributed by atoms with Crippen molar-refractivity contribution >= 4 is 11.5 Å². The average Bonchev–Trinajstić information content (AvgIpc) is 2.56. The number of aryl methyl sites for hydroxylation is 1. The summed E-state index contributed by atoms with van der Waals surface area (Å²) in [6, 6.07) is 9.63. The van der Waals surface area contributed by atoms with Gasteiger partial charge in [0.25, 0.3) is 5.56 Å². The van der Waals surface area contributed by atoms with Crippen LogP contribution in [-0.4, -0.2) is 18.1 Å². The first-order valence-corrected chi connectivity index (χ1v) is 7.70. The molecule has 0 spiro atoms. The van der Waals surface area contributed by atoms with Crippen LogP contribution in [0.5, 0.6) is 0 Å². The molecule has 0 atom stereocenters. The molecule has 0 aliphatic rings. The third-order valence-electron chi connectivity index (χ3n) is 4.08. The zero-order valence-electron chi connectivity index (χ0n) is 14.0. The minimum absolute atomic E-state index is 0.0243. The van der Waals surface area contributed by atoms with Crippen molar-refractivity contribution in [1.29, 1.82) is 10.5 Å². The molecular formula is C18H19N5O. The van der Waals surface area contributed by atoms with Crippen molar-refractivity contribution < 1.29 is 0 Å². The first-order valence-electron chi connectivity index (χ1n) is 7.70. The lowest BCUT2D eigenvalue weighted by Gasteiger charge is -2.22. The Morgan fingerprint density at radius 1 is 1.17 bits per heavy atom. The molecule has 6 nitrogen and oxygen atoms in total. The molecular weight excluding hydrogens is 302 g/mol. The quantitative estimate of drug-likeness (QED) is 0.899. The zero-order chi connectivity index (χ0) is 17.9. The third kappa shape index (κ3) is 2.82. The Balaban J connectivity index is 2.77. The maximum atomic E-state index is 12.0. The summed E-state index contributed by atoms with van der Waals surface area (Å²) in [7, 11) is 0. The van der Waals surface area contributed by atoms with Gasteiger partial charge >= 0.3 is 0 Å². The third-order valence-corrected chi connectivity index (χ3v) is 4.08. The van der Waals surface area contributed by atoms with E-state index in [2.05, 4.69) is 23.7 Å². The number of nitrogens with one attached hydrogen (secondary N) is 1. The Hall–Kier alpha value is -3.25. The van der Waals surface area contributed by atoms with Gasteiger partial charge in [0.1, 0.15) is 29.1 Å². The molecule has 3 N–H and O–H groups in total. The Morgan fingerprint density at radius 3 is 2.29 bits per heavy atom. The van der Waals surface area contributed by atoms with E-state index in [9.17, 15) is 15.3 Å². The molecule has 0 aliphatic heterocycles. The van der Waals surface area contributed by atoms with Crippen LogP contribution in [0.15, 0.2) is 23.0 Å². The zero-order valence-corrected chi connectivity index (χ0v) is 14.0. The molecule has 1 aromatic carbocycles. The van der Waals surface area contributed by atoms with E-state index in [1.807, 2.05) is 37.3 Å².